The topological polar surface area (TPSA) is 66.0 Å². The van der Waals surface area contributed by atoms with E-state index in [0.29, 0.717) is 10.2 Å². The second-order valence-electron chi connectivity index (χ2n) is 5.79. The fraction of sp³-hybridized carbons (Fsp3) is 0.375. The first-order valence-electron chi connectivity index (χ1n) is 7.33. The van der Waals surface area contributed by atoms with E-state index in [1.165, 1.54) is 41.5 Å². The van der Waals surface area contributed by atoms with Crippen molar-refractivity contribution in [2.24, 2.45) is 5.92 Å². The summed E-state index contributed by atoms with van der Waals surface area (Å²) in [4.78, 5) is 20.1. The summed E-state index contributed by atoms with van der Waals surface area (Å²) in [5, 5.41) is 10.9. The molecule has 1 atom stereocenters. The summed E-state index contributed by atoms with van der Waals surface area (Å²) in [7, 11) is 0. The number of aromatic amines is 1. The molecule has 0 radical (unpaired) electrons. The van der Waals surface area contributed by atoms with E-state index in [9.17, 15) is 9.90 Å². The monoisotopic (exact) mass is 300 g/mol. The fourth-order valence-electron chi connectivity index (χ4n) is 3.25. The number of H-pyrrole nitrogens is 1. The molecule has 5 heteroatoms. The number of nitrogens with zero attached hydrogens (tertiary/aromatic N) is 1. The highest BCUT2D eigenvalue weighted by Gasteiger charge is 2.21. The van der Waals surface area contributed by atoms with E-state index in [4.69, 9.17) is 4.98 Å². The highest BCUT2D eigenvalue weighted by Crippen LogP contribution is 2.38. The molecular formula is C16H16N2O2S. The highest BCUT2D eigenvalue weighted by atomic mass is 32.1. The molecule has 0 unspecified atom stereocenters. The Hall–Kier alpha value is -1.88. The molecule has 4 nitrogen and oxygen atoms in total. The SMILES string of the molecule is CC[C@H]1CCc2nc3sc4c(O)cc(=O)[nH]c4c3cc2C1. The van der Waals surface area contributed by atoms with E-state index in [2.05, 4.69) is 18.0 Å². The van der Waals surface area contributed by atoms with Gasteiger partial charge in [0.2, 0.25) is 0 Å². The van der Waals surface area contributed by atoms with Gasteiger partial charge >= 0.3 is 0 Å². The first-order chi connectivity index (χ1) is 10.2. The van der Waals surface area contributed by atoms with Crippen LogP contribution in [0, 0.1) is 5.92 Å². The highest BCUT2D eigenvalue weighted by molar-refractivity contribution is 7.25. The second kappa shape index (κ2) is 4.56. The molecule has 0 spiro atoms. The molecule has 0 saturated carbocycles. The Balaban J connectivity index is 2.01. The largest absolute Gasteiger partial charge is 0.506 e. The van der Waals surface area contributed by atoms with Crippen LogP contribution in [0.15, 0.2) is 16.9 Å². The summed E-state index contributed by atoms with van der Waals surface area (Å²) in [6.07, 6.45) is 4.49. The Morgan fingerprint density at radius 2 is 2.33 bits per heavy atom. The van der Waals surface area contributed by atoms with Crippen molar-refractivity contribution in [3.05, 3.63) is 33.7 Å². The predicted octanol–water partition coefficient (Wildman–Crippen LogP) is 3.36. The summed E-state index contributed by atoms with van der Waals surface area (Å²) in [6, 6.07) is 3.39. The molecule has 0 aliphatic heterocycles. The minimum absolute atomic E-state index is 0.0427. The lowest BCUT2D eigenvalue weighted by Crippen LogP contribution is -2.14. The van der Waals surface area contributed by atoms with Crippen LogP contribution in [0.2, 0.25) is 0 Å². The van der Waals surface area contributed by atoms with Crippen LogP contribution in [0.1, 0.15) is 31.0 Å². The number of thiophene rings is 1. The van der Waals surface area contributed by atoms with Crippen molar-refractivity contribution in [3.63, 3.8) is 0 Å². The molecule has 0 aromatic carbocycles. The van der Waals surface area contributed by atoms with Gasteiger partial charge in [-0.1, -0.05) is 13.3 Å². The van der Waals surface area contributed by atoms with Crippen LogP contribution in [-0.4, -0.2) is 15.1 Å². The molecule has 0 bridgehead atoms. The Kier molecular flexibility index (Phi) is 2.79. The van der Waals surface area contributed by atoms with Gasteiger partial charge in [-0.15, -0.1) is 11.3 Å². The van der Waals surface area contributed by atoms with Gasteiger partial charge in [0, 0.05) is 17.1 Å². The van der Waals surface area contributed by atoms with Crippen LogP contribution in [-0.2, 0) is 12.8 Å². The number of rotatable bonds is 1. The van der Waals surface area contributed by atoms with Gasteiger partial charge in [-0.25, -0.2) is 4.98 Å². The van der Waals surface area contributed by atoms with Gasteiger partial charge in [0.1, 0.15) is 10.6 Å². The van der Waals surface area contributed by atoms with Crippen LogP contribution in [0.3, 0.4) is 0 Å². The van der Waals surface area contributed by atoms with Gasteiger partial charge in [0.25, 0.3) is 5.56 Å². The Morgan fingerprint density at radius 1 is 1.48 bits per heavy atom. The van der Waals surface area contributed by atoms with E-state index < -0.39 is 0 Å². The zero-order chi connectivity index (χ0) is 14.6. The van der Waals surface area contributed by atoms with E-state index in [1.807, 2.05) is 0 Å². The van der Waals surface area contributed by atoms with Gasteiger partial charge in [0.15, 0.2) is 0 Å². The van der Waals surface area contributed by atoms with Gasteiger partial charge in [-0.2, -0.15) is 0 Å². The van der Waals surface area contributed by atoms with Crippen molar-refractivity contribution >= 4 is 31.8 Å². The minimum Gasteiger partial charge on any atom is -0.506 e. The molecule has 0 saturated heterocycles. The zero-order valence-corrected chi connectivity index (χ0v) is 12.6. The van der Waals surface area contributed by atoms with Crippen LogP contribution in [0.5, 0.6) is 5.75 Å². The normalized spacial score (nSPS) is 18.2. The van der Waals surface area contributed by atoms with Crippen molar-refractivity contribution in [1.29, 1.82) is 0 Å². The molecule has 0 amide bonds. The van der Waals surface area contributed by atoms with Gasteiger partial charge in [-0.3, -0.25) is 4.79 Å². The number of hydrogen-bond acceptors (Lipinski definition) is 4. The van der Waals surface area contributed by atoms with E-state index in [-0.39, 0.29) is 11.3 Å². The number of aryl methyl sites for hydroxylation is 1. The average molecular weight is 300 g/mol. The van der Waals surface area contributed by atoms with Crippen molar-refractivity contribution in [2.45, 2.75) is 32.6 Å². The minimum atomic E-state index is -0.274. The molecule has 3 aromatic rings. The maximum Gasteiger partial charge on any atom is 0.252 e. The van der Waals surface area contributed by atoms with Gasteiger partial charge < -0.3 is 10.1 Å². The third kappa shape index (κ3) is 1.95. The van der Waals surface area contributed by atoms with Crippen molar-refractivity contribution < 1.29 is 5.11 Å². The summed E-state index contributed by atoms with van der Waals surface area (Å²) < 4.78 is 0.714. The lowest BCUT2D eigenvalue weighted by Gasteiger charge is -2.22. The van der Waals surface area contributed by atoms with Crippen molar-refractivity contribution in [3.8, 4) is 5.75 Å². The first-order valence-corrected chi connectivity index (χ1v) is 8.14. The van der Waals surface area contributed by atoms with E-state index >= 15 is 0 Å². The van der Waals surface area contributed by atoms with Crippen molar-refractivity contribution in [2.75, 3.05) is 0 Å². The molecular weight excluding hydrogens is 284 g/mol. The summed E-state index contributed by atoms with van der Waals surface area (Å²) >= 11 is 1.45. The van der Waals surface area contributed by atoms with Crippen molar-refractivity contribution in [1.82, 2.24) is 9.97 Å². The van der Waals surface area contributed by atoms with Crippen LogP contribution in [0.4, 0.5) is 0 Å². The fourth-order valence-corrected chi connectivity index (χ4v) is 4.30. The predicted molar refractivity (Wildman–Crippen MR) is 85.2 cm³/mol. The molecule has 108 valence electrons. The lowest BCUT2D eigenvalue weighted by atomic mass is 9.85. The van der Waals surface area contributed by atoms with E-state index in [0.717, 1.165) is 29.0 Å². The number of pyridine rings is 2. The maximum atomic E-state index is 11.6. The summed E-state index contributed by atoms with van der Waals surface area (Å²) in [5.74, 6) is 0.773. The smallest absolute Gasteiger partial charge is 0.252 e. The van der Waals surface area contributed by atoms with Crippen LogP contribution < -0.4 is 5.56 Å². The Bertz CT molecular complexity index is 910. The maximum absolute atomic E-state index is 11.6. The summed E-state index contributed by atoms with van der Waals surface area (Å²) in [5.41, 5.74) is 2.92. The number of nitrogens with one attached hydrogen (secondary N) is 1. The number of aromatic hydroxyl groups is 1. The molecule has 2 N–H and O–H groups in total. The number of fused-ring (bicyclic) bond motifs is 4. The lowest BCUT2D eigenvalue weighted by molar-refractivity contribution is 0.441. The molecule has 1 aliphatic rings. The van der Waals surface area contributed by atoms with Gasteiger partial charge in [0.05, 0.1) is 10.2 Å². The zero-order valence-electron chi connectivity index (χ0n) is 11.8. The third-order valence-corrected chi connectivity index (χ3v) is 5.60. The average Bonchev–Trinajstić information content (AvgIpc) is 2.82. The van der Waals surface area contributed by atoms with E-state index in [1.54, 1.807) is 0 Å². The third-order valence-electron chi connectivity index (χ3n) is 4.48. The molecule has 0 fully saturated rings. The molecule has 21 heavy (non-hydrogen) atoms. The summed E-state index contributed by atoms with van der Waals surface area (Å²) in [6.45, 7) is 2.23. The Labute approximate surface area is 125 Å². The Morgan fingerprint density at radius 3 is 3.14 bits per heavy atom. The molecule has 4 rings (SSSR count). The second-order valence-corrected chi connectivity index (χ2v) is 6.79. The molecule has 1 aliphatic carbocycles. The standard InChI is InChI=1S/C16H16N2O2S/c1-2-8-3-4-11-9(5-8)6-10-14-15(21-16(10)17-11)12(19)7-13(20)18-14/h6-8H,2-5H2,1H3,(H2,18,19,20)/t8-/m0/s1. The molecule has 3 heterocycles. The van der Waals surface area contributed by atoms with Gasteiger partial charge in [-0.05, 0) is 36.8 Å². The van der Waals surface area contributed by atoms with Crippen LogP contribution >= 0.6 is 11.3 Å². The number of aromatic nitrogens is 2. The first kappa shape index (κ1) is 12.8. The van der Waals surface area contributed by atoms with Crippen LogP contribution in [0.25, 0.3) is 20.4 Å². The quantitative estimate of drug-likeness (QED) is 0.724. The molecule has 3 aromatic heterocycles. The number of hydrogen-bond donors (Lipinski definition) is 2.